The number of amides is 1. The molecule has 0 spiro atoms. The molecule has 7 nitrogen and oxygen atoms in total. The number of carbonyl (C=O) groups excluding carboxylic acids is 1. The molecule has 0 radical (unpaired) electrons. The Bertz CT molecular complexity index is 627. The highest BCUT2D eigenvalue weighted by Crippen LogP contribution is 2.19. The molecule has 1 aromatic carbocycles. The van der Waals surface area contributed by atoms with Crippen LogP contribution in [0.5, 0.6) is 0 Å². The van der Waals surface area contributed by atoms with Gasteiger partial charge in [-0.15, -0.1) is 0 Å². The number of alkyl carbamates (subject to hydrolysis) is 1. The van der Waals surface area contributed by atoms with Gasteiger partial charge < -0.3 is 20.1 Å². The van der Waals surface area contributed by atoms with Crippen molar-refractivity contribution in [2.45, 2.75) is 52.2 Å². The predicted molar refractivity (Wildman–Crippen MR) is 101 cm³/mol. The van der Waals surface area contributed by atoms with Crippen molar-refractivity contribution in [3.05, 3.63) is 47.2 Å². The summed E-state index contributed by atoms with van der Waals surface area (Å²) in [5.74, 6) is -0.929. The highest BCUT2D eigenvalue weighted by molar-refractivity contribution is 5.88. The minimum atomic E-state index is -1.24. The van der Waals surface area contributed by atoms with Gasteiger partial charge in [0.15, 0.2) is 0 Å². The number of aliphatic hydroxyl groups is 2. The zero-order chi connectivity index (χ0) is 20.2. The summed E-state index contributed by atoms with van der Waals surface area (Å²) in [6.45, 7) is 3.81. The smallest absolute Gasteiger partial charge is 0.411 e. The number of aliphatic carboxylic acids is 1. The molecule has 150 valence electrons. The van der Waals surface area contributed by atoms with Gasteiger partial charge in [0, 0.05) is 6.61 Å². The molecule has 4 N–H and O–H groups in total. The first-order valence-electron chi connectivity index (χ1n) is 9.08. The first kappa shape index (κ1) is 22.7. The van der Waals surface area contributed by atoms with Gasteiger partial charge >= 0.3 is 12.1 Å². The molecule has 1 amide bonds. The second-order valence-corrected chi connectivity index (χ2v) is 6.70. The maximum atomic E-state index is 12.1. The van der Waals surface area contributed by atoms with Crippen LogP contribution in [0.3, 0.4) is 0 Å². The Balaban J connectivity index is 2.90. The lowest BCUT2D eigenvalue weighted by atomic mass is 9.98. The first-order valence-corrected chi connectivity index (χ1v) is 9.08. The summed E-state index contributed by atoms with van der Waals surface area (Å²) in [5, 5.41) is 31.3. The Kier molecular flexibility index (Phi) is 10.1. The normalized spacial score (nSPS) is 13.1. The van der Waals surface area contributed by atoms with Crippen LogP contribution in [0.25, 0.3) is 0 Å². The zero-order valence-corrected chi connectivity index (χ0v) is 15.9. The van der Waals surface area contributed by atoms with Crippen LogP contribution in [0.4, 0.5) is 4.79 Å². The summed E-state index contributed by atoms with van der Waals surface area (Å²) >= 11 is 0. The van der Waals surface area contributed by atoms with Crippen LogP contribution < -0.4 is 5.32 Å². The summed E-state index contributed by atoms with van der Waals surface area (Å²) in [6.07, 6.45) is -0.761. The topological polar surface area (TPSA) is 116 Å². The lowest BCUT2D eigenvalue weighted by Crippen LogP contribution is -2.33. The fourth-order valence-corrected chi connectivity index (χ4v) is 2.48. The minimum Gasteiger partial charge on any atom is -0.478 e. The predicted octanol–water partition coefficient (Wildman–Crippen LogP) is 2.82. The van der Waals surface area contributed by atoms with Crippen molar-refractivity contribution < 1.29 is 29.6 Å². The fraction of sp³-hybridized carbons (Fsp3) is 0.500. The van der Waals surface area contributed by atoms with Crippen molar-refractivity contribution in [1.29, 1.82) is 0 Å². The standard InChI is InChI=1S/C20H29NO6/c1-14(2)10-11-17(23)18(16(19(24)25)9-6-12-22)21-20(26)27-13-15-7-4-3-5-8-15/h3-5,7-8,14,17,22-23H,6,9-13H2,1-2H3,(H,21,26)(H,24,25)/b18-16+. The summed E-state index contributed by atoms with van der Waals surface area (Å²) in [6, 6.07) is 9.07. The third-order valence-electron chi connectivity index (χ3n) is 3.97. The number of rotatable bonds is 11. The highest BCUT2D eigenvalue weighted by Gasteiger charge is 2.23. The Morgan fingerprint density at radius 2 is 1.81 bits per heavy atom. The second-order valence-electron chi connectivity index (χ2n) is 6.70. The third-order valence-corrected chi connectivity index (χ3v) is 3.97. The molecule has 1 unspecified atom stereocenters. The first-order chi connectivity index (χ1) is 12.8. The van der Waals surface area contributed by atoms with Crippen LogP contribution in [0.15, 0.2) is 41.6 Å². The maximum Gasteiger partial charge on any atom is 0.411 e. The van der Waals surface area contributed by atoms with Crippen molar-refractivity contribution >= 4 is 12.1 Å². The van der Waals surface area contributed by atoms with E-state index in [-0.39, 0.29) is 37.3 Å². The quantitative estimate of drug-likeness (QED) is 0.439. The SMILES string of the molecule is CC(C)CCC(O)/C(NC(=O)OCc1ccccc1)=C(/CCCO)C(=O)O. The molecule has 1 atom stereocenters. The molecule has 0 bridgehead atoms. The van der Waals surface area contributed by atoms with Crippen molar-refractivity contribution in [2.24, 2.45) is 5.92 Å². The van der Waals surface area contributed by atoms with E-state index in [1.54, 1.807) is 12.1 Å². The van der Waals surface area contributed by atoms with Crippen molar-refractivity contribution in [2.75, 3.05) is 6.61 Å². The molecule has 0 aromatic heterocycles. The van der Waals surface area contributed by atoms with E-state index >= 15 is 0 Å². The number of ether oxygens (including phenoxy) is 1. The number of nitrogens with one attached hydrogen (secondary N) is 1. The van der Waals surface area contributed by atoms with E-state index in [0.29, 0.717) is 18.8 Å². The van der Waals surface area contributed by atoms with Gasteiger partial charge in [0.1, 0.15) is 6.61 Å². The summed E-state index contributed by atoms with van der Waals surface area (Å²) in [5.41, 5.74) is 0.587. The second kappa shape index (κ2) is 12.1. The van der Waals surface area contributed by atoms with Crippen LogP contribution in [0.1, 0.15) is 45.1 Å². The van der Waals surface area contributed by atoms with Crippen LogP contribution in [0, 0.1) is 5.92 Å². The van der Waals surface area contributed by atoms with Gasteiger partial charge in [-0.25, -0.2) is 9.59 Å². The number of benzene rings is 1. The van der Waals surface area contributed by atoms with Crippen LogP contribution in [-0.4, -0.2) is 40.1 Å². The molecule has 7 heteroatoms. The van der Waals surface area contributed by atoms with E-state index in [4.69, 9.17) is 9.84 Å². The highest BCUT2D eigenvalue weighted by atomic mass is 16.5. The van der Waals surface area contributed by atoms with Gasteiger partial charge in [0.2, 0.25) is 0 Å². The lowest BCUT2D eigenvalue weighted by Gasteiger charge is -2.20. The van der Waals surface area contributed by atoms with Crippen molar-refractivity contribution in [3.63, 3.8) is 0 Å². The van der Waals surface area contributed by atoms with E-state index in [1.165, 1.54) is 0 Å². The third kappa shape index (κ3) is 8.70. The van der Waals surface area contributed by atoms with Gasteiger partial charge in [-0.05, 0) is 37.2 Å². The van der Waals surface area contributed by atoms with E-state index in [1.807, 2.05) is 32.0 Å². The zero-order valence-electron chi connectivity index (χ0n) is 15.9. The molecule has 0 aliphatic heterocycles. The Morgan fingerprint density at radius 3 is 2.37 bits per heavy atom. The number of hydrogen-bond acceptors (Lipinski definition) is 5. The molecule has 0 fully saturated rings. The molecule has 0 saturated carbocycles. The Hall–Kier alpha value is -2.38. The maximum absolute atomic E-state index is 12.1. The molecule has 27 heavy (non-hydrogen) atoms. The molecular formula is C20H29NO6. The Labute approximate surface area is 159 Å². The van der Waals surface area contributed by atoms with Gasteiger partial charge in [0.25, 0.3) is 0 Å². The van der Waals surface area contributed by atoms with Gasteiger partial charge in [-0.1, -0.05) is 44.2 Å². The molecule has 1 aromatic rings. The molecule has 0 saturated heterocycles. The molecule has 1 rings (SSSR count). The Morgan fingerprint density at radius 1 is 1.15 bits per heavy atom. The minimum absolute atomic E-state index is 0.0267. The van der Waals surface area contributed by atoms with Gasteiger partial charge in [-0.3, -0.25) is 5.32 Å². The summed E-state index contributed by atoms with van der Waals surface area (Å²) < 4.78 is 5.13. The number of carboxylic acids is 1. The number of aliphatic hydroxyl groups excluding tert-OH is 2. The fourth-order valence-electron chi connectivity index (χ4n) is 2.48. The summed E-state index contributed by atoms with van der Waals surface area (Å²) in [7, 11) is 0. The number of carbonyl (C=O) groups is 2. The summed E-state index contributed by atoms with van der Waals surface area (Å²) in [4.78, 5) is 23.8. The van der Waals surface area contributed by atoms with E-state index in [9.17, 15) is 19.8 Å². The van der Waals surface area contributed by atoms with Gasteiger partial charge in [-0.2, -0.15) is 0 Å². The van der Waals surface area contributed by atoms with Crippen LogP contribution in [-0.2, 0) is 16.1 Å². The number of carboxylic acid groups (broad SMARTS) is 1. The van der Waals surface area contributed by atoms with Crippen molar-refractivity contribution in [1.82, 2.24) is 5.32 Å². The average molecular weight is 379 g/mol. The van der Waals surface area contributed by atoms with Gasteiger partial charge in [0.05, 0.1) is 17.4 Å². The monoisotopic (exact) mass is 379 g/mol. The van der Waals surface area contributed by atoms with Crippen LogP contribution >= 0.6 is 0 Å². The largest absolute Gasteiger partial charge is 0.478 e. The van der Waals surface area contributed by atoms with Crippen LogP contribution in [0.2, 0.25) is 0 Å². The van der Waals surface area contributed by atoms with E-state index < -0.39 is 18.2 Å². The average Bonchev–Trinajstić information content (AvgIpc) is 2.64. The number of hydrogen-bond donors (Lipinski definition) is 4. The molecule has 0 aliphatic carbocycles. The lowest BCUT2D eigenvalue weighted by molar-refractivity contribution is -0.133. The van der Waals surface area contributed by atoms with E-state index in [2.05, 4.69) is 5.32 Å². The molecule has 0 heterocycles. The molecular weight excluding hydrogens is 350 g/mol. The molecule has 0 aliphatic rings. The van der Waals surface area contributed by atoms with E-state index in [0.717, 1.165) is 5.56 Å². The van der Waals surface area contributed by atoms with Crippen molar-refractivity contribution in [3.8, 4) is 0 Å².